The van der Waals surface area contributed by atoms with Gasteiger partial charge >= 0.3 is 0 Å². The lowest BCUT2D eigenvalue weighted by molar-refractivity contribution is -0.122. The Balaban J connectivity index is 2.28. The van der Waals surface area contributed by atoms with Crippen molar-refractivity contribution >= 4 is 17.9 Å². The van der Waals surface area contributed by atoms with E-state index in [9.17, 15) is 9.59 Å². The first-order valence-electron chi connectivity index (χ1n) is 6.19. The molecule has 0 aliphatic carbocycles. The lowest BCUT2D eigenvalue weighted by Crippen LogP contribution is -2.41. The Labute approximate surface area is 111 Å². The molecule has 1 heterocycles. The average Bonchev–Trinajstić information content (AvgIpc) is 2.46. The number of nitrogens with two attached hydrogens (primary N) is 1. The van der Waals surface area contributed by atoms with E-state index in [2.05, 4.69) is 6.07 Å². The first-order chi connectivity index (χ1) is 9.15. The van der Waals surface area contributed by atoms with E-state index in [4.69, 9.17) is 11.0 Å². The number of hydrogen-bond donors (Lipinski definition) is 1. The van der Waals surface area contributed by atoms with Crippen LogP contribution in [0.2, 0.25) is 0 Å². The van der Waals surface area contributed by atoms with Crippen LogP contribution >= 0.6 is 0 Å². The van der Waals surface area contributed by atoms with E-state index in [0.717, 1.165) is 25.1 Å². The highest BCUT2D eigenvalue weighted by Crippen LogP contribution is 2.26. The Morgan fingerprint density at radius 2 is 2.32 bits per heavy atom. The summed E-state index contributed by atoms with van der Waals surface area (Å²) in [5, 5.41) is 9.16. The molecule has 1 aliphatic heterocycles. The highest BCUT2D eigenvalue weighted by Gasteiger charge is 2.25. The highest BCUT2D eigenvalue weighted by molar-refractivity contribution is 5.79. The number of carbonyl (C=O) groups is 2. The number of rotatable bonds is 3. The maximum absolute atomic E-state index is 11.3. The van der Waals surface area contributed by atoms with E-state index in [0.29, 0.717) is 24.0 Å². The monoisotopic (exact) mass is 257 g/mol. The number of anilines is 1. The van der Waals surface area contributed by atoms with Crippen LogP contribution in [0.1, 0.15) is 28.8 Å². The van der Waals surface area contributed by atoms with Crippen LogP contribution in [0.4, 0.5) is 5.69 Å². The van der Waals surface area contributed by atoms with Gasteiger partial charge in [-0.25, -0.2) is 0 Å². The van der Waals surface area contributed by atoms with E-state index in [-0.39, 0.29) is 11.8 Å². The van der Waals surface area contributed by atoms with Crippen LogP contribution in [0.25, 0.3) is 0 Å². The van der Waals surface area contributed by atoms with Crippen molar-refractivity contribution in [2.45, 2.75) is 12.8 Å². The Bertz CT molecular complexity index is 548. The third-order valence-corrected chi connectivity index (χ3v) is 3.44. The molecule has 1 aromatic carbocycles. The molecule has 5 heteroatoms. The Kier molecular flexibility index (Phi) is 3.81. The molecule has 0 saturated carbocycles. The van der Waals surface area contributed by atoms with Crippen molar-refractivity contribution in [2.24, 2.45) is 11.7 Å². The van der Waals surface area contributed by atoms with Crippen LogP contribution in [0.15, 0.2) is 18.2 Å². The van der Waals surface area contributed by atoms with Gasteiger partial charge in [-0.2, -0.15) is 5.26 Å². The molecule has 1 amide bonds. The zero-order chi connectivity index (χ0) is 13.8. The molecule has 1 unspecified atom stereocenters. The fraction of sp³-hybridized carbons (Fsp3) is 0.357. The SMILES string of the molecule is N#Cc1cc(C=O)ccc1N1CCCC(C(N)=O)C1. The number of carbonyl (C=O) groups excluding carboxylic acids is 2. The molecule has 1 fully saturated rings. The quantitative estimate of drug-likeness (QED) is 0.820. The van der Waals surface area contributed by atoms with Crippen molar-refractivity contribution in [3.63, 3.8) is 0 Å². The number of nitrogens with zero attached hydrogens (tertiary/aromatic N) is 2. The van der Waals surface area contributed by atoms with Gasteiger partial charge in [-0.15, -0.1) is 0 Å². The summed E-state index contributed by atoms with van der Waals surface area (Å²) in [5.74, 6) is -0.473. The highest BCUT2D eigenvalue weighted by atomic mass is 16.1. The van der Waals surface area contributed by atoms with Crippen LogP contribution in [0, 0.1) is 17.2 Å². The van der Waals surface area contributed by atoms with Gasteiger partial charge in [-0.1, -0.05) is 0 Å². The number of aldehydes is 1. The first-order valence-corrected chi connectivity index (χ1v) is 6.19. The minimum Gasteiger partial charge on any atom is -0.370 e. The molecule has 1 saturated heterocycles. The van der Waals surface area contributed by atoms with E-state index in [1.165, 1.54) is 0 Å². The van der Waals surface area contributed by atoms with Crippen molar-refractivity contribution in [2.75, 3.05) is 18.0 Å². The van der Waals surface area contributed by atoms with Crippen molar-refractivity contribution < 1.29 is 9.59 Å². The summed E-state index contributed by atoms with van der Waals surface area (Å²) in [6, 6.07) is 7.09. The Morgan fingerprint density at radius 3 is 2.95 bits per heavy atom. The molecule has 0 spiro atoms. The predicted octanol–water partition coefficient (Wildman–Crippen LogP) is 1.07. The zero-order valence-electron chi connectivity index (χ0n) is 10.5. The summed E-state index contributed by atoms with van der Waals surface area (Å²) in [6.45, 7) is 1.32. The van der Waals surface area contributed by atoms with Crippen LogP contribution < -0.4 is 10.6 Å². The molecule has 1 aromatic rings. The predicted molar refractivity (Wildman–Crippen MR) is 70.7 cm³/mol. The van der Waals surface area contributed by atoms with Gasteiger partial charge in [0.05, 0.1) is 17.2 Å². The standard InChI is InChI=1S/C14H15N3O2/c15-7-12-6-10(9-18)3-4-13(12)17-5-1-2-11(8-17)14(16)19/h3-4,6,9,11H,1-2,5,8H2,(H2,16,19). The smallest absolute Gasteiger partial charge is 0.222 e. The van der Waals surface area contributed by atoms with Gasteiger partial charge in [0.1, 0.15) is 12.4 Å². The maximum atomic E-state index is 11.3. The van der Waals surface area contributed by atoms with Crippen LogP contribution in [0.5, 0.6) is 0 Å². The first kappa shape index (κ1) is 13.1. The fourth-order valence-corrected chi connectivity index (χ4v) is 2.42. The molecule has 2 N–H and O–H groups in total. The minimum atomic E-state index is -0.298. The summed E-state index contributed by atoms with van der Waals surface area (Å²) in [5.41, 5.74) is 7.04. The van der Waals surface area contributed by atoms with Gasteiger partial charge in [0.2, 0.25) is 5.91 Å². The second kappa shape index (κ2) is 5.53. The largest absolute Gasteiger partial charge is 0.370 e. The summed E-state index contributed by atoms with van der Waals surface area (Å²) < 4.78 is 0. The molecule has 5 nitrogen and oxygen atoms in total. The summed E-state index contributed by atoms with van der Waals surface area (Å²) in [6.07, 6.45) is 2.38. The minimum absolute atomic E-state index is 0.175. The van der Waals surface area contributed by atoms with Gasteiger partial charge in [-0.3, -0.25) is 9.59 Å². The Hall–Kier alpha value is -2.35. The van der Waals surface area contributed by atoms with Gasteiger partial charge in [0, 0.05) is 18.7 Å². The molecule has 19 heavy (non-hydrogen) atoms. The number of benzene rings is 1. The second-order valence-corrected chi connectivity index (χ2v) is 4.69. The van der Waals surface area contributed by atoms with Crippen molar-refractivity contribution in [1.29, 1.82) is 5.26 Å². The van der Waals surface area contributed by atoms with Gasteiger partial charge in [-0.05, 0) is 31.0 Å². The van der Waals surface area contributed by atoms with Crippen molar-refractivity contribution in [3.8, 4) is 6.07 Å². The number of hydrogen-bond acceptors (Lipinski definition) is 4. The van der Waals surface area contributed by atoms with Crippen LogP contribution in [0.3, 0.4) is 0 Å². The third kappa shape index (κ3) is 2.74. The molecule has 0 aromatic heterocycles. The number of piperidine rings is 1. The summed E-state index contributed by atoms with van der Waals surface area (Å²) in [7, 11) is 0. The average molecular weight is 257 g/mol. The molecule has 1 atom stereocenters. The fourth-order valence-electron chi connectivity index (χ4n) is 2.42. The topological polar surface area (TPSA) is 87.2 Å². The van der Waals surface area contributed by atoms with Gasteiger partial charge in [0.25, 0.3) is 0 Å². The van der Waals surface area contributed by atoms with Crippen LogP contribution in [-0.2, 0) is 4.79 Å². The van der Waals surface area contributed by atoms with E-state index >= 15 is 0 Å². The summed E-state index contributed by atoms with van der Waals surface area (Å²) >= 11 is 0. The molecule has 2 rings (SSSR count). The number of nitriles is 1. The van der Waals surface area contributed by atoms with Crippen molar-refractivity contribution in [1.82, 2.24) is 0 Å². The number of amides is 1. The van der Waals surface area contributed by atoms with E-state index in [1.807, 2.05) is 4.90 Å². The lowest BCUT2D eigenvalue weighted by atomic mass is 9.96. The van der Waals surface area contributed by atoms with E-state index in [1.54, 1.807) is 18.2 Å². The zero-order valence-corrected chi connectivity index (χ0v) is 10.5. The molecule has 0 bridgehead atoms. The lowest BCUT2D eigenvalue weighted by Gasteiger charge is -2.33. The molecule has 1 aliphatic rings. The maximum Gasteiger partial charge on any atom is 0.222 e. The molecule has 98 valence electrons. The Morgan fingerprint density at radius 1 is 1.53 bits per heavy atom. The number of primary amides is 1. The van der Waals surface area contributed by atoms with Gasteiger partial charge in [0.15, 0.2) is 0 Å². The molecular weight excluding hydrogens is 242 g/mol. The third-order valence-electron chi connectivity index (χ3n) is 3.44. The van der Waals surface area contributed by atoms with Crippen molar-refractivity contribution in [3.05, 3.63) is 29.3 Å². The molecule has 0 radical (unpaired) electrons. The van der Waals surface area contributed by atoms with Crippen LogP contribution in [-0.4, -0.2) is 25.3 Å². The molecular formula is C14H15N3O2. The normalized spacial score (nSPS) is 18.7. The summed E-state index contributed by atoms with van der Waals surface area (Å²) in [4.78, 5) is 24.0. The van der Waals surface area contributed by atoms with E-state index < -0.39 is 0 Å². The van der Waals surface area contributed by atoms with Gasteiger partial charge < -0.3 is 10.6 Å². The second-order valence-electron chi connectivity index (χ2n) is 4.69.